The molecular formula is C104H62N12. The average molecular weight is 1480 g/mol. The van der Waals surface area contributed by atoms with Gasteiger partial charge in [-0.1, -0.05) is 212 Å². The van der Waals surface area contributed by atoms with Gasteiger partial charge in [0.15, 0.2) is 23.3 Å². The highest BCUT2D eigenvalue weighted by molar-refractivity contribution is 6.15. The first-order valence-electron chi connectivity index (χ1n) is 38.6. The Bertz CT molecular complexity index is 7390. The summed E-state index contributed by atoms with van der Waals surface area (Å²) in [6.07, 6.45) is 0. The summed E-state index contributed by atoms with van der Waals surface area (Å²) >= 11 is 0. The van der Waals surface area contributed by atoms with Gasteiger partial charge in [-0.05, 0) is 219 Å². The van der Waals surface area contributed by atoms with E-state index in [4.69, 9.17) is 29.9 Å². The van der Waals surface area contributed by atoms with Crippen molar-refractivity contribution in [2.45, 2.75) is 0 Å². The van der Waals surface area contributed by atoms with Gasteiger partial charge in [0.05, 0.1) is 67.4 Å². The number of para-hydroxylation sites is 4. The molecule has 538 valence electrons. The molecule has 0 saturated carbocycles. The van der Waals surface area contributed by atoms with Crippen molar-refractivity contribution in [3.8, 4) is 137 Å². The summed E-state index contributed by atoms with van der Waals surface area (Å²) in [5, 5.41) is 28.2. The molecule has 16 aromatic carbocycles. The minimum absolute atomic E-state index is 0.503. The van der Waals surface area contributed by atoms with Crippen LogP contribution in [0, 0.1) is 22.7 Å². The van der Waals surface area contributed by atoms with E-state index in [9.17, 15) is 10.5 Å². The van der Waals surface area contributed by atoms with E-state index in [-0.39, 0.29) is 0 Å². The maximum atomic E-state index is 9.63. The Hall–Kier alpha value is -16.3. The normalized spacial score (nSPS) is 11.6. The predicted molar refractivity (Wildman–Crippen MR) is 469 cm³/mol. The second-order valence-electron chi connectivity index (χ2n) is 29.3. The third-order valence-electron chi connectivity index (χ3n) is 22.5. The monoisotopic (exact) mass is 1480 g/mol. The van der Waals surface area contributed by atoms with Gasteiger partial charge in [-0.2, -0.15) is 30.5 Å². The van der Waals surface area contributed by atoms with Gasteiger partial charge in [-0.3, -0.25) is 9.13 Å². The Balaban J connectivity index is 0.609. The summed E-state index contributed by atoms with van der Waals surface area (Å²) in [6, 6.07) is 137. The molecule has 0 aliphatic carbocycles. The van der Waals surface area contributed by atoms with Gasteiger partial charge in [0, 0.05) is 76.7 Å². The summed E-state index contributed by atoms with van der Waals surface area (Å²) in [6.45, 7) is 0. The molecule has 0 fully saturated rings. The van der Waals surface area contributed by atoms with Crippen LogP contribution in [0.1, 0.15) is 11.1 Å². The van der Waals surface area contributed by atoms with Crippen molar-refractivity contribution in [1.82, 2.24) is 48.2 Å². The smallest absolute Gasteiger partial charge is 0.238 e. The van der Waals surface area contributed by atoms with Crippen LogP contribution < -0.4 is 0 Å². The topological polar surface area (TPSA) is 145 Å². The molecule has 0 saturated heterocycles. The molecule has 0 atom stereocenters. The number of fused-ring (bicyclic) bond motifs is 12. The van der Waals surface area contributed by atoms with E-state index in [2.05, 4.69) is 297 Å². The van der Waals surface area contributed by atoms with Crippen LogP contribution in [0.15, 0.2) is 376 Å². The SMILES string of the molecule is N#Cc1ccc(-c2nc(-c3ccccc3)nc(-n3c4ccccc4c4cc(-c5ccc6c(c5)c5ccccc5n6-c5cccc(-c6cc(-c7ccccc7)cc(-c7cccc(-n8c9ccccc9c9cc(-c%10ccc%11c(c%10)c%10ccccc%10n%11-c%10nc(-c%11ccccc%11)nc(-c%11ccc(C#N)cc%11)n%10)ccc98)c7)c6)c5)ccc43)n2)cc1. The molecule has 12 nitrogen and oxygen atoms in total. The van der Waals surface area contributed by atoms with E-state index in [0.717, 1.165) is 166 Å². The third kappa shape index (κ3) is 11.4. The van der Waals surface area contributed by atoms with E-state index in [1.807, 2.05) is 84.9 Å². The van der Waals surface area contributed by atoms with Crippen LogP contribution in [-0.2, 0) is 0 Å². The van der Waals surface area contributed by atoms with Crippen molar-refractivity contribution in [3.05, 3.63) is 387 Å². The number of nitrogens with zero attached hydrogens (tertiary/aromatic N) is 12. The quantitative estimate of drug-likeness (QED) is 0.111. The van der Waals surface area contributed by atoms with Gasteiger partial charge < -0.3 is 9.13 Å². The first-order valence-corrected chi connectivity index (χ1v) is 38.6. The molecule has 6 heterocycles. The Morgan fingerprint density at radius 2 is 0.422 bits per heavy atom. The zero-order valence-corrected chi connectivity index (χ0v) is 62.2. The third-order valence-corrected chi connectivity index (χ3v) is 22.5. The number of hydrogen-bond donors (Lipinski definition) is 0. The van der Waals surface area contributed by atoms with Crippen molar-refractivity contribution >= 4 is 87.2 Å². The maximum absolute atomic E-state index is 9.63. The van der Waals surface area contributed by atoms with Crippen LogP contribution >= 0.6 is 0 Å². The molecule has 0 radical (unpaired) electrons. The summed E-state index contributed by atoms with van der Waals surface area (Å²) in [7, 11) is 0. The van der Waals surface area contributed by atoms with Crippen molar-refractivity contribution in [1.29, 1.82) is 10.5 Å². The molecular weight excluding hydrogens is 1420 g/mol. The first kappa shape index (κ1) is 66.7. The van der Waals surface area contributed by atoms with Gasteiger partial charge in [0.1, 0.15) is 0 Å². The minimum Gasteiger partial charge on any atom is -0.309 e. The molecule has 116 heavy (non-hydrogen) atoms. The molecule has 12 heteroatoms. The largest absolute Gasteiger partial charge is 0.309 e. The molecule has 22 rings (SSSR count). The fourth-order valence-corrected chi connectivity index (χ4v) is 17.0. The lowest BCUT2D eigenvalue weighted by Gasteiger charge is -2.15. The molecule has 0 spiro atoms. The Kier molecular flexibility index (Phi) is 15.7. The molecule has 0 aliphatic heterocycles. The standard InChI is InChI=1S/C104H62N12/c105-63-65-38-42-70(43-39-65)101-107-99(68-22-6-2-7-23-68)109-103(111-101)115-93-36-16-12-32-85(93)89-61-76(48-52-97(89)115)74-46-50-95-87(59-74)83-30-10-14-34-91(83)113(95)81-28-18-26-72(57-81)79-54-78(67-20-4-1-5-21-67)55-80(56-79)73-27-19-29-82(58-73)114-92-35-15-11-31-84(92)88-60-75(47-51-96(88)114)77-49-53-98-90(62-77)86-33-13-17-37-94(86)116(98)104-110-100(69-24-8-3-9-25-69)108-102(112-104)71-44-40-66(64-106)41-45-71/h1-62H. The van der Waals surface area contributed by atoms with Crippen LogP contribution in [0.25, 0.3) is 212 Å². The molecule has 0 aliphatic rings. The molecule has 0 N–H and O–H groups in total. The Morgan fingerprint density at radius 3 is 0.759 bits per heavy atom. The van der Waals surface area contributed by atoms with Crippen molar-refractivity contribution in [2.24, 2.45) is 0 Å². The van der Waals surface area contributed by atoms with E-state index < -0.39 is 0 Å². The summed E-state index contributed by atoms with van der Waals surface area (Å²) in [5.74, 6) is 3.15. The lowest BCUT2D eigenvalue weighted by atomic mass is 9.93. The van der Waals surface area contributed by atoms with Gasteiger partial charge in [-0.25, -0.2) is 9.97 Å². The van der Waals surface area contributed by atoms with Gasteiger partial charge in [-0.15, -0.1) is 0 Å². The van der Waals surface area contributed by atoms with E-state index in [1.165, 1.54) is 10.8 Å². The van der Waals surface area contributed by atoms with Crippen molar-refractivity contribution in [2.75, 3.05) is 0 Å². The highest BCUT2D eigenvalue weighted by atomic mass is 15.2. The molecule has 22 aromatic rings. The van der Waals surface area contributed by atoms with E-state index in [0.29, 0.717) is 46.3 Å². The first-order chi connectivity index (χ1) is 57.4. The number of benzene rings is 16. The molecule has 6 aromatic heterocycles. The van der Waals surface area contributed by atoms with Crippen molar-refractivity contribution < 1.29 is 0 Å². The highest BCUT2D eigenvalue weighted by Crippen LogP contribution is 2.44. The fraction of sp³-hybridized carbons (Fsp3) is 0. The number of aromatic nitrogens is 10. The maximum Gasteiger partial charge on any atom is 0.238 e. The summed E-state index contributed by atoms with van der Waals surface area (Å²) in [4.78, 5) is 30.7. The summed E-state index contributed by atoms with van der Waals surface area (Å²) in [5.41, 5.74) is 26.0. The Labute approximate surface area is 665 Å². The predicted octanol–water partition coefficient (Wildman–Crippen LogP) is 25.2. The van der Waals surface area contributed by atoms with Crippen molar-refractivity contribution in [3.63, 3.8) is 0 Å². The van der Waals surface area contributed by atoms with Crippen LogP contribution in [0.3, 0.4) is 0 Å². The summed E-state index contributed by atoms with van der Waals surface area (Å²) < 4.78 is 9.11. The minimum atomic E-state index is 0.503. The number of rotatable bonds is 13. The lowest BCUT2D eigenvalue weighted by molar-refractivity contribution is 0.953. The zero-order chi connectivity index (χ0) is 76.9. The van der Waals surface area contributed by atoms with Gasteiger partial charge in [0.2, 0.25) is 11.9 Å². The lowest BCUT2D eigenvalue weighted by Crippen LogP contribution is -2.06. The second kappa shape index (κ2) is 27.3. The molecule has 0 bridgehead atoms. The van der Waals surface area contributed by atoms with Crippen LogP contribution in [0.2, 0.25) is 0 Å². The van der Waals surface area contributed by atoms with Crippen LogP contribution in [0.4, 0.5) is 0 Å². The van der Waals surface area contributed by atoms with E-state index in [1.54, 1.807) is 24.3 Å². The highest BCUT2D eigenvalue weighted by Gasteiger charge is 2.24. The van der Waals surface area contributed by atoms with Crippen LogP contribution in [0.5, 0.6) is 0 Å². The molecule has 0 amide bonds. The number of nitriles is 2. The second-order valence-corrected chi connectivity index (χ2v) is 29.3. The fourth-order valence-electron chi connectivity index (χ4n) is 17.0. The molecule has 0 unspecified atom stereocenters. The van der Waals surface area contributed by atoms with E-state index >= 15 is 0 Å². The number of hydrogen-bond acceptors (Lipinski definition) is 8. The van der Waals surface area contributed by atoms with Gasteiger partial charge >= 0.3 is 0 Å². The average Bonchev–Trinajstić information content (AvgIpc) is 1.60. The Morgan fingerprint density at radius 1 is 0.172 bits per heavy atom. The van der Waals surface area contributed by atoms with Crippen LogP contribution in [-0.4, -0.2) is 48.2 Å². The zero-order valence-electron chi connectivity index (χ0n) is 62.2. The van der Waals surface area contributed by atoms with Gasteiger partial charge in [0.25, 0.3) is 0 Å².